The maximum Gasteiger partial charge on any atom is 0.335 e. The van der Waals surface area contributed by atoms with E-state index < -0.39 is 5.97 Å². The van der Waals surface area contributed by atoms with Gasteiger partial charge in [0.15, 0.2) is 11.4 Å². The molecule has 0 saturated heterocycles. The van der Waals surface area contributed by atoms with E-state index >= 15 is 0 Å². The van der Waals surface area contributed by atoms with E-state index in [4.69, 9.17) is 0 Å². The van der Waals surface area contributed by atoms with Gasteiger partial charge in [0, 0.05) is 10.9 Å². The number of H-pyrrole nitrogens is 1. The van der Waals surface area contributed by atoms with Crippen LogP contribution in [0.25, 0.3) is 33.2 Å². The van der Waals surface area contributed by atoms with Crippen LogP contribution in [0.1, 0.15) is 10.4 Å². The van der Waals surface area contributed by atoms with Gasteiger partial charge in [0.2, 0.25) is 5.88 Å². The Hall–Kier alpha value is -4.43. The van der Waals surface area contributed by atoms with E-state index in [0.717, 1.165) is 11.1 Å². The number of thiophene rings is 1. The number of nitrogens with zero attached hydrogens (tertiary/aromatic N) is 2. The highest BCUT2D eigenvalue weighted by atomic mass is 32.1. The van der Waals surface area contributed by atoms with Crippen LogP contribution in [0.3, 0.4) is 0 Å². The smallest absolute Gasteiger partial charge is 0.335 e. The molecule has 7 nitrogen and oxygen atoms in total. The first kappa shape index (κ1) is 20.5. The molecule has 3 aromatic carbocycles. The molecular weight excluding hydrogens is 438 g/mol. The molecule has 0 unspecified atom stereocenters. The molecule has 0 saturated carbocycles. The second-order valence-electron chi connectivity index (χ2n) is 7.35. The largest absolute Gasteiger partial charge is 0.505 e. The van der Waals surface area contributed by atoms with Crippen molar-refractivity contribution in [2.24, 2.45) is 10.2 Å². The summed E-state index contributed by atoms with van der Waals surface area (Å²) in [6.45, 7) is 0. The summed E-state index contributed by atoms with van der Waals surface area (Å²) < 4.78 is 0. The molecule has 5 rings (SSSR count). The molecule has 0 radical (unpaired) electrons. The van der Waals surface area contributed by atoms with Crippen LogP contribution in [0.2, 0.25) is 0 Å². The third-order valence-electron chi connectivity index (χ3n) is 5.30. The normalized spacial score (nSPS) is 11.4. The van der Waals surface area contributed by atoms with Crippen LogP contribution in [-0.4, -0.2) is 26.3 Å². The average molecular weight is 455 g/mol. The lowest BCUT2D eigenvalue weighted by Crippen LogP contribution is -1.95. The number of rotatable bonds is 5. The van der Waals surface area contributed by atoms with Gasteiger partial charge in [0.05, 0.1) is 11.1 Å². The Labute approximate surface area is 191 Å². The number of benzene rings is 3. The Morgan fingerprint density at radius 3 is 2.52 bits per heavy atom. The van der Waals surface area contributed by atoms with Crippen molar-refractivity contribution < 1.29 is 20.1 Å². The molecule has 2 aromatic heterocycles. The van der Waals surface area contributed by atoms with Crippen molar-refractivity contribution in [2.45, 2.75) is 0 Å². The van der Waals surface area contributed by atoms with E-state index in [9.17, 15) is 20.1 Å². The van der Waals surface area contributed by atoms with Crippen LogP contribution in [0.4, 0.5) is 11.4 Å². The van der Waals surface area contributed by atoms with Gasteiger partial charge in [-0.05, 0) is 63.8 Å². The van der Waals surface area contributed by atoms with Gasteiger partial charge >= 0.3 is 5.97 Å². The summed E-state index contributed by atoms with van der Waals surface area (Å²) >= 11 is 1.61. The number of nitrogens with one attached hydrogen (secondary N) is 1. The van der Waals surface area contributed by atoms with E-state index in [1.54, 1.807) is 41.7 Å². The fraction of sp³-hybridized carbons (Fsp3) is 0. The quantitative estimate of drug-likeness (QED) is 0.212. The van der Waals surface area contributed by atoms with Gasteiger partial charge in [-0.15, -0.1) is 10.2 Å². The van der Waals surface area contributed by atoms with Gasteiger partial charge in [-0.25, -0.2) is 4.79 Å². The Morgan fingerprint density at radius 2 is 1.73 bits per heavy atom. The van der Waals surface area contributed by atoms with Crippen molar-refractivity contribution in [3.8, 4) is 33.9 Å². The monoisotopic (exact) mass is 455 g/mol. The van der Waals surface area contributed by atoms with Gasteiger partial charge in [0.25, 0.3) is 0 Å². The highest BCUT2D eigenvalue weighted by Gasteiger charge is 2.14. The number of hydrogen-bond acceptors (Lipinski definition) is 6. The molecular formula is C25H17N3O4S. The van der Waals surface area contributed by atoms with Crippen LogP contribution >= 0.6 is 11.3 Å². The highest BCUT2D eigenvalue weighted by molar-refractivity contribution is 7.08. The van der Waals surface area contributed by atoms with Crippen molar-refractivity contribution >= 4 is 39.6 Å². The molecule has 8 heteroatoms. The summed E-state index contributed by atoms with van der Waals surface area (Å²) in [5.74, 6) is -1.31. The highest BCUT2D eigenvalue weighted by Crippen LogP contribution is 2.41. The summed E-state index contributed by atoms with van der Waals surface area (Å²) in [6.07, 6.45) is 0. The number of aromatic hydroxyl groups is 2. The van der Waals surface area contributed by atoms with Crippen molar-refractivity contribution in [1.29, 1.82) is 0 Å². The maximum atomic E-state index is 11.3. The van der Waals surface area contributed by atoms with Crippen LogP contribution in [0.5, 0.6) is 11.6 Å². The van der Waals surface area contributed by atoms with E-state index in [-0.39, 0.29) is 28.6 Å². The molecule has 4 N–H and O–H groups in total. The van der Waals surface area contributed by atoms with E-state index in [2.05, 4.69) is 15.2 Å². The zero-order valence-electron chi connectivity index (χ0n) is 17.1. The second-order valence-corrected chi connectivity index (χ2v) is 8.13. The number of carboxylic acids is 1. The standard InChI is InChI=1S/C25H17N3O4S/c29-23-18(15-3-1-4-16(11-15)25(31)32)5-2-6-20(23)27-28-22-19-8-7-14(17-9-10-33-13-17)12-21(19)26-24(22)30/h1-13,26,29-30H,(H,31,32). The molecule has 0 spiro atoms. The third kappa shape index (κ3) is 3.83. The van der Waals surface area contributed by atoms with E-state index in [1.165, 1.54) is 12.1 Å². The molecule has 162 valence electrons. The molecule has 0 aliphatic rings. The van der Waals surface area contributed by atoms with Crippen LogP contribution in [-0.2, 0) is 0 Å². The number of phenolic OH excluding ortho intramolecular Hbond substituents is 1. The Bertz CT molecular complexity index is 1520. The maximum absolute atomic E-state index is 11.3. The Balaban J connectivity index is 1.51. The SMILES string of the molecule is O=C(O)c1cccc(-c2cccc(N=Nc3c(O)[nH]c4cc(-c5ccsc5)ccc34)c2O)c1. The molecule has 5 aromatic rings. The van der Waals surface area contributed by atoms with Gasteiger partial charge in [0.1, 0.15) is 5.69 Å². The van der Waals surface area contributed by atoms with Gasteiger partial charge in [-0.1, -0.05) is 30.3 Å². The molecule has 0 aliphatic heterocycles. The fourth-order valence-corrected chi connectivity index (χ4v) is 4.31. The van der Waals surface area contributed by atoms with E-state index in [1.807, 2.05) is 35.0 Å². The van der Waals surface area contributed by atoms with Gasteiger partial charge in [-0.2, -0.15) is 11.3 Å². The van der Waals surface area contributed by atoms with Gasteiger partial charge in [-0.3, -0.25) is 0 Å². The zero-order chi connectivity index (χ0) is 22.9. The number of azo groups is 1. The summed E-state index contributed by atoms with van der Waals surface area (Å²) in [5, 5.41) is 43.5. The van der Waals surface area contributed by atoms with Crippen molar-refractivity contribution in [2.75, 3.05) is 0 Å². The zero-order valence-corrected chi connectivity index (χ0v) is 17.9. The first-order valence-electron chi connectivity index (χ1n) is 9.96. The predicted molar refractivity (Wildman–Crippen MR) is 128 cm³/mol. The molecule has 33 heavy (non-hydrogen) atoms. The first-order chi connectivity index (χ1) is 16.0. The minimum atomic E-state index is -1.05. The Kier molecular flexibility index (Phi) is 5.12. The topological polar surface area (TPSA) is 118 Å². The lowest BCUT2D eigenvalue weighted by molar-refractivity contribution is 0.0697. The lowest BCUT2D eigenvalue weighted by Gasteiger charge is -2.07. The number of aromatic nitrogens is 1. The fourth-order valence-electron chi connectivity index (χ4n) is 3.65. The van der Waals surface area contributed by atoms with Gasteiger partial charge < -0.3 is 20.3 Å². The number of hydrogen-bond donors (Lipinski definition) is 4. The second kappa shape index (κ2) is 8.25. The average Bonchev–Trinajstić information content (AvgIpc) is 3.46. The number of carboxylic acid groups (broad SMARTS) is 1. The first-order valence-corrected chi connectivity index (χ1v) is 10.9. The van der Waals surface area contributed by atoms with Crippen LogP contribution in [0.15, 0.2) is 87.7 Å². The molecule has 0 bridgehead atoms. The molecule has 2 heterocycles. The molecule has 0 fully saturated rings. The lowest BCUT2D eigenvalue weighted by atomic mass is 10.0. The molecule has 0 amide bonds. The summed E-state index contributed by atoms with van der Waals surface area (Å²) in [5.41, 5.74) is 4.36. The number of carbonyl (C=O) groups is 1. The Morgan fingerprint density at radius 1 is 0.879 bits per heavy atom. The summed E-state index contributed by atoms with van der Waals surface area (Å²) in [7, 11) is 0. The summed E-state index contributed by atoms with van der Waals surface area (Å²) in [6, 6.07) is 19.0. The minimum absolute atomic E-state index is 0.115. The number of fused-ring (bicyclic) bond motifs is 1. The predicted octanol–water partition coefficient (Wildman–Crippen LogP) is 7.09. The number of aromatic carboxylic acids is 1. The molecule has 0 atom stereocenters. The van der Waals surface area contributed by atoms with Crippen LogP contribution in [0, 0.1) is 0 Å². The summed E-state index contributed by atoms with van der Waals surface area (Å²) in [4.78, 5) is 14.2. The number of phenols is 1. The third-order valence-corrected chi connectivity index (χ3v) is 5.98. The minimum Gasteiger partial charge on any atom is -0.505 e. The van der Waals surface area contributed by atoms with Crippen molar-refractivity contribution in [3.63, 3.8) is 0 Å². The number of para-hydroxylation sites is 1. The van der Waals surface area contributed by atoms with E-state index in [0.29, 0.717) is 22.0 Å². The number of aromatic amines is 1. The van der Waals surface area contributed by atoms with Crippen molar-refractivity contribution in [3.05, 3.63) is 83.1 Å². The van der Waals surface area contributed by atoms with Crippen LogP contribution < -0.4 is 0 Å². The molecule has 0 aliphatic carbocycles. The van der Waals surface area contributed by atoms with Crippen molar-refractivity contribution in [1.82, 2.24) is 4.98 Å².